The van der Waals surface area contributed by atoms with Gasteiger partial charge in [0.2, 0.25) is 10.0 Å². The second kappa shape index (κ2) is 10.4. The number of carbonyl (C=O) groups is 3. The van der Waals surface area contributed by atoms with Crippen LogP contribution in [0, 0.1) is 0 Å². The molecule has 0 spiro atoms. The van der Waals surface area contributed by atoms with Crippen LogP contribution in [0.2, 0.25) is 0 Å². The SMILES string of the molecule is C=CCNS(=O)(=O)c1ccc(C(=O)NCCN2C(=O)S/C(=C\c3ccccc3)C2=O)cc1. The number of hydrogen-bond acceptors (Lipinski definition) is 6. The Hall–Kier alpha value is -3.21. The highest BCUT2D eigenvalue weighted by molar-refractivity contribution is 8.18. The zero-order chi connectivity index (χ0) is 23.1. The molecule has 8 nitrogen and oxygen atoms in total. The van der Waals surface area contributed by atoms with Gasteiger partial charge in [-0.3, -0.25) is 19.3 Å². The van der Waals surface area contributed by atoms with Crippen molar-refractivity contribution in [2.24, 2.45) is 0 Å². The maximum absolute atomic E-state index is 12.5. The smallest absolute Gasteiger partial charge is 0.293 e. The molecule has 0 bridgehead atoms. The fourth-order valence-electron chi connectivity index (χ4n) is 2.81. The van der Waals surface area contributed by atoms with Crippen molar-refractivity contribution in [3.05, 3.63) is 83.3 Å². The fourth-order valence-corrected chi connectivity index (χ4v) is 4.68. The monoisotopic (exact) mass is 471 g/mol. The lowest BCUT2D eigenvalue weighted by molar-refractivity contribution is -0.122. The first-order valence-corrected chi connectivity index (χ1v) is 11.9. The number of carbonyl (C=O) groups excluding carboxylic acids is 3. The molecule has 2 aromatic carbocycles. The number of benzene rings is 2. The van der Waals surface area contributed by atoms with Crippen LogP contribution in [-0.4, -0.2) is 50.0 Å². The van der Waals surface area contributed by atoms with Crippen LogP contribution in [0.25, 0.3) is 6.08 Å². The van der Waals surface area contributed by atoms with E-state index in [1.165, 1.54) is 30.3 Å². The van der Waals surface area contributed by atoms with Gasteiger partial charge in [-0.2, -0.15) is 0 Å². The van der Waals surface area contributed by atoms with Crippen LogP contribution in [0.5, 0.6) is 0 Å². The van der Waals surface area contributed by atoms with Crippen molar-refractivity contribution in [2.45, 2.75) is 4.90 Å². The van der Waals surface area contributed by atoms with Gasteiger partial charge < -0.3 is 5.32 Å². The summed E-state index contributed by atoms with van der Waals surface area (Å²) < 4.78 is 26.5. The van der Waals surface area contributed by atoms with E-state index in [0.29, 0.717) is 4.91 Å². The standard InChI is InChI=1S/C22H21N3O5S2/c1-2-12-24-32(29,30)18-10-8-17(9-11-18)20(26)23-13-14-25-21(27)19(31-22(25)28)15-16-6-4-3-5-7-16/h2-11,15,24H,1,12-14H2,(H,23,26)/b19-15-. The summed E-state index contributed by atoms with van der Waals surface area (Å²) in [6.45, 7) is 3.64. The topological polar surface area (TPSA) is 113 Å². The van der Waals surface area contributed by atoms with E-state index in [1.807, 2.05) is 30.3 Å². The molecule has 166 valence electrons. The van der Waals surface area contributed by atoms with E-state index < -0.39 is 27.1 Å². The lowest BCUT2D eigenvalue weighted by atomic mass is 10.2. The molecule has 0 saturated carbocycles. The Labute approximate surface area is 190 Å². The van der Waals surface area contributed by atoms with E-state index in [-0.39, 0.29) is 30.1 Å². The minimum atomic E-state index is -3.68. The molecule has 0 atom stereocenters. The first kappa shape index (κ1) is 23.5. The Kier molecular flexibility index (Phi) is 7.62. The molecule has 2 aromatic rings. The molecule has 1 heterocycles. The number of rotatable bonds is 9. The molecule has 1 aliphatic rings. The summed E-state index contributed by atoms with van der Waals surface area (Å²) in [6.07, 6.45) is 3.08. The van der Waals surface area contributed by atoms with Gasteiger partial charge in [-0.1, -0.05) is 36.4 Å². The average Bonchev–Trinajstić information content (AvgIpc) is 3.05. The molecule has 1 saturated heterocycles. The van der Waals surface area contributed by atoms with Crippen LogP contribution < -0.4 is 10.0 Å². The summed E-state index contributed by atoms with van der Waals surface area (Å²) in [4.78, 5) is 38.5. The van der Waals surface area contributed by atoms with Gasteiger partial charge in [0.15, 0.2) is 0 Å². The Morgan fingerprint density at radius 2 is 1.75 bits per heavy atom. The van der Waals surface area contributed by atoms with Gasteiger partial charge in [-0.15, -0.1) is 6.58 Å². The zero-order valence-corrected chi connectivity index (χ0v) is 18.6. The largest absolute Gasteiger partial charge is 0.350 e. The summed E-state index contributed by atoms with van der Waals surface area (Å²) in [5.41, 5.74) is 1.07. The Balaban J connectivity index is 1.55. The number of sulfonamides is 1. The molecular weight excluding hydrogens is 450 g/mol. The third kappa shape index (κ3) is 5.72. The van der Waals surface area contributed by atoms with E-state index in [0.717, 1.165) is 22.2 Å². The van der Waals surface area contributed by atoms with E-state index in [2.05, 4.69) is 16.6 Å². The maximum Gasteiger partial charge on any atom is 0.293 e. The highest BCUT2D eigenvalue weighted by atomic mass is 32.2. The average molecular weight is 472 g/mol. The van der Waals surface area contributed by atoms with Crippen LogP contribution in [0.3, 0.4) is 0 Å². The van der Waals surface area contributed by atoms with E-state index in [4.69, 9.17) is 0 Å². The summed E-state index contributed by atoms with van der Waals surface area (Å²) in [5.74, 6) is -0.848. The molecule has 32 heavy (non-hydrogen) atoms. The molecule has 0 aromatic heterocycles. The van der Waals surface area contributed by atoms with Gasteiger partial charge in [0.05, 0.1) is 9.80 Å². The predicted octanol–water partition coefficient (Wildman–Crippen LogP) is 2.62. The number of hydrogen-bond donors (Lipinski definition) is 2. The zero-order valence-electron chi connectivity index (χ0n) is 17.0. The van der Waals surface area contributed by atoms with Crippen LogP contribution >= 0.6 is 11.8 Å². The fraction of sp³-hybridized carbons (Fsp3) is 0.136. The molecule has 0 radical (unpaired) electrons. The first-order chi connectivity index (χ1) is 15.3. The Morgan fingerprint density at radius 3 is 2.41 bits per heavy atom. The van der Waals surface area contributed by atoms with Crippen LogP contribution in [0.15, 0.2) is 77.1 Å². The van der Waals surface area contributed by atoms with E-state index in [1.54, 1.807) is 6.08 Å². The predicted molar refractivity (Wildman–Crippen MR) is 123 cm³/mol. The van der Waals surface area contributed by atoms with Gasteiger partial charge in [0.1, 0.15) is 0 Å². The molecule has 10 heteroatoms. The first-order valence-electron chi connectivity index (χ1n) is 9.61. The normalized spacial score (nSPS) is 15.2. The van der Waals surface area contributed by atoms with Crippen molar-refractivity contribution < 1.29 is 22.8 Å². The number of amides is 3. The third-order valence-corrected chi connectivity index (χ3v) is 6.78. The molecule has 1 aliphatic heterocycles. The minimum absolute atomic E-state index is 0.0268. The molecule has 1 fully saturated rings. The van der Waals surface area contributed by atoms with Crippen molar-refractivity contribution in [3.63, 3.8) is 0 Å². The Morgan fingerprint density at radius 1 is 1.06 bits per heavy atom. The van der Waals surface area contributed by atoms with Crippen LogP contribution in [0.1, 0.15) is 15.9 Å². The van der Waals surface area contributed by atoms with Gasteiger partial charge in [-0.25, -0.2) is 13.1 Å². The number of imide groups is 1. The summed E-state index contributed by atoms with van der Waals surface area (Å²) in [5, 5.41) is 2.24. The molecule has 2 N–H and O–H groups in total. The van der Waals surface area contributed by atoms with E-state index in [9.17, 15) is 22.8 Å². The van der Waals surface area contributed by atoms with Crippen molar-refractivity contribution in [2.75, 3.05) is 19.6 Å². The van der Waals surface area contributed by atoms with Crippen LogP contribution in [-0.2, 0) is 14.8 Å². The molecular formula is C22H21N3O5S2. The van der Waals surface area contributed by atoms with Gasteiger partial charge >= 0.3 is 0 Å². The summed E-state index contributed by atoms with van der Waals surface area (Å²) in [7, 11) is -3.68. The quantitative estimate of drug-likeness (QED) is 0.429. The third-order valence-electron chi connectivity index (χ3n) is 4.44. The second-order valence-corrected chi connectivity index (χ2v) is 9.43. The molecule has 0 aliphatic carbocycles. The van der Waals surface area contributed by atoms with E-state index >= 15 is 0 Å². The lowest BCUT2D eigenvalue weighted by Gasteiger charge is -2.13. The lowest BCUT2D eigenvalue weighted by Crippen LogP contribution is -2.37. The van der Waals surface area contributed by atoms with Gasteiger partial charge in [0.25, 0.3) is 17.1 Å². The summed E-state index contributed by atoms with van der Waals surface area (Å²) in [6, 6.07) is 14.6. The minimum Gasteiger partial charge on any atom is -0.350 e. The second-order valence-electron chi connectivity index (χ2n) is 6.66. The molecule has 3 rings (SSSR count). The summed E-state index contributed by atoms with van der Waals surface area (Å²) >= 11 is 0.858. The number of thioether (sulfide) groups is 1. The van der Waals surface area contributed by atoms with Gasteiger partial charge in [0, 0.05) is 25.2 Å². The van der Waals surface area contributed by atoms with Crippen molar-refractivity contribution in [3.8, 4) is 0 Å². The highest BCUT2D eigenvalue weighted by Crippen LogP contribution is 2.31. The molecule has 0 unspecified atom stereocenters. The van der Waals surface area contributed by atoms with Crippen molar-refractivity contribution in [1.82, 2.24) is 14.9 Å². The molecule has 3 amide bonds. The Bertz CT molecular complexity index is 1160. The van der Waals surface area contributed by atoms with Gasteiger partial charge in [-0.05, 0) is 47.7 Å². The highest BCUT2D eigenvalue weighted by Gasteiger charge is 2.34. The number of nitrogens with one attached hydrogen (secondary N) is 2. The maximum atomic E-state index is 12.5. The number of nitrogens with zero attached hydrogens (tertiary/aromatic N) is 1. The van der Waals surface area contributed by atoms with Crippen LogP contribution in [0.4, 0.5) is 4.79 Å². The van der Waals surface area contributed by atoms with Crippen molar-refractivity contribution >= 4 is 44.9 Å². The van der Waals surface area contributed by atoms with Crippen molar-refractivity contribution in [1.29, 1.82) is 0 Å².